The Morgan fingerprint density at radius 1 is 1.35 bits per heavy atom. The molecule has 0 radical (unpaired) electrons. The third kappa shape index (κ3) is 5.13. The lowest BCUT2D eigenvalue weighted by Crippen LogP contribution is -2.36. The Balaban J connectivity index is 1.77. The molecule has 0 spiro atoms. The first kappa shape index (κ1) is 17.6. The summed E-state index contributed by atoms with van der Waals surface area (Å²) in [6, 6.07) is 4.97. The molecule has 0 atom stereocenters. The lowest BCUT2D eigenvalue weighted by Gasteiger charge is -2.31. The molecular weight excluding hydrogens is 291 g/mol. The van der Waals surface area contributed by atoms with Crippen molar-refractivity contribution in [2.75, 3.05) is 39.1 Å². The zero-order chi connectivity index (χ0) is 16.7. The third-order valence-corrected chi connectivity index (χ3v) is 4.45. The normalized spacial score (nSPS) is 16.3. The van der Waals surface area contributed by atoms with Gasteiger partial charge in [-0.05, 0) is 63.0 Å². The maximum Gasteiger partial charge on any atom is 0.338 e. The molecule has 1 saturated heterocycles. The van der Waals surface area contributed by atoms with Crippen molar-refractivity contribution in [3.8, 4) is 5.75 Å². The summed E-state index contributed by atoms with van der Waals surface area (Å²) >= 11 is 0. The molecule has 0 aliphatic carbocycles. The molecule has 1 aromatic rings. The van der Waals surface area contributed by atoms with E-state index < -0.39 is 0 Å². The van der Waals surface area contributed by atoms with Gasteiger partial charge in [0.05, 0.1) is 25.0 Å². The number of carbonyl (C=O) groups is 1. The number of ether oxygens (including phenoxy) is 2. The Morgan fingerprint density at radius 3 is 2.74 bits per heavy atom. The van der Waals surface area contributed by atoms with E-state index >= 15 is 0 Å². The van der Waals surface area contributed by atoms with Crippen molar-refractivity contribution >= 4 is 11.7 Å². The average molecular weight is 319 g/mol. The number of nitrogen functional groups attached to an aromatic ring is 1. The van der Waals surface area contributed by atoms with E-state index in [0.717, 1.165) is 25.9 Å². The number of hydrogen-bond donors (Lipinski definition) is 1. The largest absolute Gasteiger partial charge is 0.495 e. The van der Waals surface area contributed by atoms with Gasteiger partial charge in [-0.1, -0.05) is 13.3 Å². The van der Waals surface area contributed by atoms with E-state index in [1.807, 2.05) is 0 Å². The van der Waals surface area contributed by atoms with Gasteiger partial charge in [-0.3, -0.25) is 0 Å². The second-order valence-electron chi connectivity index (χ2n) is 6.19. The van der Waals surface area contributed by atoms with Gasteiger partial charge in [-0.2, -0.15) is 0 Å². The van der Waals surface area contributed by atoms with Crippen molar-refractivity contribution < 1.29 is 14.3 Å². The number of methoxy groups -OCH3 is 1. The van der Waals surface area contributed by atoms with Crippen molar-refractivity contribution in [1.29, 1.82) is 0 Å². The fourth-order valence-electron chi connectivity index (χ4n) is 2.87. The number of benzene rings is 1. The van der Waals surface area contributed by atoms with Crippen LogP contribution in [0.3, 0.4) is 0 Å². The predicted molar refractivity (Wildman–Crippen MR) is 91.8 cm³/mol. The minimum absolute atomic E-state index is 0.309. The molecular formula is C18H28N2O3. The van der Waals surface area contributed by atoms with Gasteiger partial charge >= 0.3 is 5.97 Å². The van der Waals surface area contributed by atoms with Gasteiger partial charge in [0.15, 0.2) is 0 Å². The van der Waals surface area contributed by atoms with Crippen molar-refractivity contribution in [3.05, 3.63) is 23.8 Å². The number of carbonyl (C=O) groups excluding carboxylic acids is 1. The number of nitrogens with zero attached hydrogens (tertiary/aromatic N) is 1. The summed E-state index contributed by atoms with van der Waals surface area (Å²) in [7, 11) is 1.53. The summed E-state index contributed by atoms with van der Waals surface area (Å²) in [5.74, 6) is 0.660. The zero-order valence-electron chi connectivity index (χ0n) is 14.2. The van der Waals surface area contributed by atoms with E-state index in [1.165, 1.54) is 26.5 Å². The van der Waals surface area contributed by atoms with Crippen molar-refractivity contribution in [2.24, 2.45) is 5.92 Å². The molecule has 0 unspecified atom stereocenters. The molecule has 0 bridgehead atoms. The number of likely N-dealkylation sites (tertiary alicyclic amines) is 1. The van der Waals surface area contributed by atoms with Crippen molar-refractivity contribution in [1.82, 2.24) is 4.90 Å². The molecule has 1 aliphatic rings. The van der Waals surface area contributed by atoms with E-state index in [-0.39, 0.29) is 5.97 Å². The van der Waals surface area contributed by atoms with Crippen molar-refractivity contribution in [2.45, 2.75) is 32.6 Å². The molecule has 1 heterocycles. The van der Waals surface area contributed by atoms with Gasteiger partial charge < -0.3 is 20.1 Å². The Morgan fingerprint density at radius 2 is 2.09 bits per heavy atom. The molecule has 0 aromatic heterocycles. The SMILES string of the molecule is CCCCN1CCC(COC(=O)c2ccc(N)c(O[11CH3])c2)CC1. The average Bonchev–Trinajstić information content (AvgIpc) is 2.59. The maximum atomic E-state index is 12.1. The molecule has 5 nitrogen and oxygen atoms in total. The van der Waals surface area contributed by atoms with Crippen LogP contribution in [-0.2, 0) is 4.74 Å². The fourth-order valence-corrected chi connectivity index (χ4v) is 2.87. The Kier molecular flexibility index (Phi) is 6.71. The number of esters is 1. The van der Waals surface area contributed by atoms with E-state index in [2.05, 4.69) is 11.8 Å². The summed E-state index contributed by atoms with van der Waals surface area (Å²) in [5.41, 5.74) is 6.76. The smallest absolute Gasteiger partial charge is 0.338 e. The van der Waals surface area contributed by atoms with Crippen LogP contribution in [0.4, 0.5) is 5.69 Å². The first-order valence-corrected chi connectivity index (χ1v) is 8.47. The lowest BCUT2D eigenvalue weighted by molar-refractivity contribution is 0.0371. The quantitative estimate of drug-likeness (QED) is 0.618. The van der Waals surface area contributed by atoms with Crippen LogP contribution >= 0.6 is 0 Å². The predicted octanol–water partition coefficient (Wildman–Crippen LogP) is 2.95. The van der Waals surface area contributed by atoms with Gasteiger partial charge in [0.25, 0.3) is 0 Å². The number of hydrogen-bond acceptors (Lipinski definition) is 5. The minimum Gasteiger partial charge on any atom is -0.495 e. The summed E-state index contributed by atoms with van der Waals surface area (Å²) < 4.78 is 10.6. The number of nitrogens with two attached hydrogens (primary N) is 1. The van der Waals surface area contributed by atoms with Gasteiger partial charge in [0.2, 0.25) is 0 Å². The van der Waals surface area contributed by atoms with Gasteiger partial charge in [-0.15, -0.1) is 0 Å². The molecule has 1 fully saturated rings. The lowest BCUT2D eigenvalue weighted by atomic mass is 9.97. The minimum atomic E-state index is -0.309. The molecule has 2 N–H and O–H groups in total. The van der Waals surface area contributed by atoms with Crippen LogP contribution in [0.5, 0.6) is 5.75 Å². The molecule has 5 heteroatoms. The Bertz CT molecular complexity index is 511. The molecule has 23 heavy (non-hydrogen) atoms. The molecule has 1 aromatic carbocycles. The fraction of sp³-hybridized carbons (Fsp3) is 0.611. The number of piperidine rings is 1. The zero-order valence-corrected chi connectivity index (χ0v) is 14.2. The highest BCUT2D eigenvalue weighted by atomic mass is 16.5. The summed E-state index contributed by atoms with van der Waals surface area (Å²) in [6.45, 7) is 6.12. The van der Waals surface area contributed by atoms with Crippen LogP contribution in [0.15, 0.2) is 18.2 Å². The van der Waals surface area contributed by atoms with Crippen LogP contribution in [0.25, 0.3) is 0 Å². The molecule has 0 saturated carbocycles. The molecule has 2 rings (SSSR count). The molecule has 1 aliphatic heterocycles. The highest BCUT2D eigenvalue weighted by Crippen LogP contribution is 2.23. The Hall–Kier alpha value is -1.75. The van der Waals surface area contributed by atoms with Crippen LogP contribution in [0.2, 0.25) is 0 Å². The third-order valence-electron chi connectivity index (χ3n) is 4.45. The number of anilines is 1. The standard InChI is InChI=1S/C18H28N2O3/c1-3-4-9-20-10-7-14(8-11-20)13-23-18(21)15-5-6-16(19)17(12-15)22-2/h5-6,12,14H,3-4,7-11,13,19H2,1-2H3/i2-1. The summed E-state index contributed by atoms with van der Waals surface area (Å²) in [4.78, 5) is 14.7. The topological polar surface area (TPSA) is 64.8 Å². The van der Waals surface area contributed by atoms with E-state index in [0.29, 0.717) is 29.5 Å². The van der Waals surface area contributed by atoms with Gasteiger partial charge in [0, 0.05) is 0 Å². The molecule has 0 amide bonds. The highest BCUT2D eigenvalue weighted by Gasteiger charge is 2.20. The van der Waals surface area contributed by atoms with E-state index in [9.17, 15) is 4.79 Å². The van der Waals surface area contributed by atoms with Gasteiger partial charge in [0.1, 0.15) is 5.75 Å². The number of unbranched alkanes of at least 4 members (excludes halogenated alkanes) is 1. The Labute approximate surface area is 138 Å². The first-order chi connectivity index (χ1) is 11.1. The van der Waals surface area contributed by atoms with E-state index in [4.69, 9.17) is 15.2 Å². The van der Waals surface area contributed by atoms with Crippen LogP contribution < -0.4 is 10.5 Å². The number of rotatable bonds is 7. The molecule has 128 valence electrons. The highest BCUT2D eigenvalue weighted by molar-refractivity contribution is 5.90. The monoisotopic (exact) mass is 319 g/mol. The summed E-state index contributed by atoms with van der Waals surface area (Å²) in [6.07, 6.45) is 4.70. The maximum absolute atomic E-state index is 12.1. The second-order valence-corrected chi connectivity index (χ2v) is 6.19. The van der Waals surface area contributed by atoms with Crippen LogP contribution in [0, 0.1) is 5.92 Å². The van der Waals surface area contributed by atoms with Gasteiger partial charge in [-0.25, -0.2) is 4.79 Å². The van der Waals surface area contributed by atoms with Crippen LogP contribution in [0.1, 0.15) is 43.0 Å². The van der Waals surface area contributed by atoms with E-state index in [1.54, 1.807) is 18.2 Å². The summed E-state index contributed by atoms with van der Waals surface area (Å²) in [5, 5.41) is 0. The van der Waals surface area contributed by atoms with Crippen LogP contribution in [-0.4, -0.2) is 44.2 Å². The first-order valence-electron chi connectivity index (χ1n) is 8.47. The second kappa shape index (κ2) is 8.77. The van der Waals surface area contributed by atoms with Crippen molar-refractivity contribution in [3.63, 3.8) is 0 Å².